The molecule has 1 fully saturated rings. The molecule has 0 bridgehead atoms. The van der Waals surface area contributed by atoms with E-state index in [0.717, 1.165) is 18.7 Å². The minimum Gasteiger partial charge on any atom is -0.351 e. The molecule has 2 heterocycles. The third-order valence-electron chi connectivity index (χ3n) is 2.95. The van der Waals surface area contributed by atoms with Gasteiger partial charge in [-0.3, -0.25) is 9.78 Å². The first-order chi connectivity index (χ1) is 8.25. The van der Waals surface area contributed by atoms with Crippen LogP contribution in [0, 0.1) is 6.92 Å². The average Bonchev–Trinajstić information content (AvgIpc) is 2.83. The number of hydrogen-bond donors (Lipinski definition) is 2. The second-order valence-electron chi connectivity index (χ2n) is 4.38. The predicted molar refractivity (Wildman–Crippen MR) is 64.7 cm³/mol. The van der Waals surface area contributed by atoms with Crippen LogP contribution >= 0.6 is 0 Å². The lowest BCUT2D eigenvalue weighted by Gasteiger charge is -2.10. The van der Waals surface area contributed by atoms with Crippen molar-refractivity contribution in [3.8, 4) is 0 Å². The van der Waals surface area contributed by atoms with Crippen molar-refractivity contribution in [3.05, 3.63) is 23.8 Å². The Morgan fingerprint density at radius 1 is 1.53 bits per heavy atom. The molecule has 0 aliphatic carbocycles. The van der Waals surface area contributed by atoms with Crippen molar-refractivity contribution in [2.75, 3.05) is 13.1 Å². The van der Waals surface area contributed by atoms with E-state index >= 15 is 0 Å². The summed E-state index contributed by atoms with van der Waals surface area (Å²) in [5, 5.41) is 6.26. The minimum absolute atomic E-state index is 0.143. The fourth-order valence-corrected chi connectivity index (χ4v) is 1.96. The molecule has 0 saturated carbocycles. The Labute approximate surface area is 101 Å². The molecule has 0 unspecified atom stereocenters. The van der Waals surface area contributed by atoms with Crippen molar-refractivity contribution in [2.45, 2.75) is 32.2 Å². The molecule has 1 aromatic heterocycles. The Bertz CT molecular complexity index is 371. The summed E-state index contributed by atoms with van der Waals surface area (Å²) >= 11 is 0. The van der Waals surface area contributed by atoms with E-state index in [4.69, 9.17) is 0 Å². The molecule has 0 spiro atoms. The van der Waals surface area contributed by atoms with Gasteiger partial charge in [-0.2, -0.15) is 0 Å². The third-order valence-corrected chi connectivity index (χ3v) is 2.95. The molecule has 0 radical (unpaired) electrons. The van der Waals surface area contributed by atoms with E-state index in [1.807, 2.05) is 6.92 Å². The molecule has 2 rings (SSSR count). The van der Waals surface area contributed by atoms with Crippen molar-refractivity contribution in [1.29, 1.82) is 0 Å². The summed E-state index contributed by atoms with van der Waals surface area (Å²) in [6.45, 7) is 3.63. The molecule has 17 heavy (non-hydrogen) atoms. The molecule has 5 heteroatoms. The van der Waals surface area contributed by atoms with Gasteiger partial charge in [0, 0.05) is 18.8 Å². The summed E-state index contributed by atoms with van der Waals surface area (Å²) < 4.78 is 0. The van der Waals surface area contributed by atoms with Crippen molar-refractivity contribution >= 4 is 5.91 Å². The first-order valence-electron chi connectivity index (χ1n) is 6.06. The van der Waals surface area contributed by atoms with Gasteiger partial charge in [0.1, 0.15) is 5.69 Å². The Hall–Kier alpha value is -1.49. The van der Waals surface area contributed by atoms with E-state index in [9.17, 15) is 4.79 Å². The van der Waals surface area contributed by atoms with E-state index in [0.29, 0.717) is 18.3 Å². The molecular formula is C12H18N4O. The van der Waals surface area contributed by atoms with E-state index < -0.39 is 0 Å². The van der Waals surface area contributed by atoms with Crippen LogP contribution in [0.15, 0.2) is 12.4 Å². The molecule has 1 atom stereocenters. The van der Waals surface area contributed by atoms with Gasteiger partial charge in [-0.05, 0) is 32.7 Å². The zero-order chi connectivity index (χ0) is 12.1. The summed E-state index contributed by atoms with van der Waals surface area (Å²) in [5.41, 5.74) is 1.20. The fourth-order valence-electron chi connectivity index (χ4n) is 1.96. The van der Waals surface area contributed by atoms with Crippen molar-refractivity contribution in [2.24, 2.45) is 0 Å². The van der Waals surface area contributed by atoms with Gasteiger partial charge in [0.15, 0.2) is 0 Å². The smallest absolute Gasteiger partial charge is 0.271 e. The molecule has 5 nitrogen and oxygen atoms in total. The summed E-state index contributed by atoms with van der Waals surface area (Å²) in [4.78, 5) is 19.8. The van der Waals surface area contributed by atoms with Crippen LogP contribution in [0.5, 0.6) is 0 Å². The summed E-state index contributed by atoms with van der Waals surface area (Å²) in [6.07, 6.45) is 6.54. The highest BCUT2D eigenvalue weighted by molar-refractivity contribution is 5.91. The molecule has 92 valence electrons. The van der Waals surface area contributed by atoms with E-state index in [1.165, 1.54) is 19.0 Å². The largest absolute Gasteiger partial charge is 0.351 e. The summed E-state index contributed by atoms with van der Waals surface area (Å²) in [5.74, 6) is -0.143. The van der Waals surface area contributed by atoms with E-state index in [1.54, 1.807) is 6.20 Å². The van der Waals surface area contributed by atoms with Crippen LogP contribution in [0.3, 0.4) is 0 Å². The lowest BCUT2D eigenvalue weighted by atomic mass is 10.1. The van der Waals surface area contributed by atoms with Gasteiger partial charge in [0.2, 0.25) is 0 Å². The van der Waals surface area contributed by atoms with Crippen LogP contribution < -0.4 is 10.6 Å². The number of nitrogens with zero attached hydrogens (tertiary/aromatic N) is 2. The number of amides is 1. The van der Waals surface area contributed by atoms with E-state index in [-0.39, 0.29) is 5.91 Å². The molecule has 1 saturated heterocycles. The van der Waals surface area contributed by atoms with Gasteiger partial charge >= 0.3 is 0 Å². The van der Waals surface area contributed by atoms with Gasteiger partial charge < -0.3 is 10.6 Å². The highest BCUT2D eigenvalue weighted by atomic mass is 16.1. The molecule has 0 aromatic carbocycles. The molecule has 1 amide bonds. The zero-order valence-electron chi connectivity index (χ0n) is 10.1. The third kappa shape index (κ3) is 3.49. The maximum absolute atomic E-state index is 11.7. The molecule has 1 aromatic rings. The number of hydrogen-bond acceptors (Lipinski definition) is 4. The predicted octanol–water partition coefficient (Wildman–Crippen LogP) is 0.657. The Morgan fingerprint density at radius 2 is 2.41 bits per heavy atom. The van der Waals surface area contributed by atoms with Gasteiger partial charge in [-0.15, -0.1) is 0 Å². The van der Waals surface area contributed by atoms with E-state index in [2.05, 4.69) is 20.6 Å². The van der Waals surface area contributed by atoms with Crippen molar-refractivity contribution in [1.82, 2.24) is 20.6 Å². The van der Waals surface area contributed by atoms with Gasteiger partial charge in [-0.1, -0.05) is 0 Å². The maximum atomic E-state index is 11.7. The van der Waals surface area contributed by atoms with Gasteiger partial charge in [-0.25, -0.2) is 4.98 Å². The molecular weight excluding hydrogens is 216 g/mol. The lowest BCUT2D eigenvalue weighted by Crippen LogP contribution is -2.31. The highest BCUT2D eigenvalue weighted by Crippen LogP contribution is 2.07. The van der Waals surface area contributed by atoms with Crippen LogP contribution in [-0.4, -0.2) is 35.0 Å². The first-order valence-corrected chi connectivity index (χ1v) is 6.06. The number of nitrogens with one attached hydrogen (secondary N) is 2. The Kier molecular flexibility index (Phi) is 4.03. The number of carbonyl (C=O) groups excluding carboxylic acids is 1. The monoisotopic (exact) mass is 234 g/mol. The first kappa shape index (κ1) is 12.0. The van der Waals surface area contributed by atoms with Crippen LogP contribution in [-0.2, 0) is 0 Å². The fraction of sp³-hybridized carbons (Fsp3) is 0.583. The number of aromatic nitrogens is 2. The molecule has 1 aliphatic heterocycles. The van der Waals surface area contributed by atoms with Crippen molar-refractivity contribution in [3.63, 3.8) is 0 Å². The van der Waals surface area contributed by atoms with Crippen LogP contribution in [0.1, 0.15) is 35.4 Å². The molecule has 1 aliphatic rings. The standard InChI is InChI=1S/C12H18N4O/c1-9-7-16-11(8-15-9)12(17)14-6-4-10-3-2-5-13-10/h7-8,10,13H,2-6H2,1H3,(H,14,17)/t10-/m0/s1. The summed E-state index contributed by atoms with van der Waals surface area (Å²) in [7, 11) is 0. The SMILES string of the molecule is Cc1cnc(C(=O)NCC[C@@H]2CCCN2)cn1. The van der Waals surface area contributed by atoms with Gasteiger partial charge in [0.25, 0.3) is 5.91 Å². The summed E-state index contributed by atoms with van der Waals surface area (Å²) in [6, 6.07) is 0.555. The highest BCUT2D eigenvalue weighted by Gasteiger charge is 2.14. The van der Waals surface area contributed by atoms with Crippen molar-refractivity contribution < 1.29 is 4.79 Å². The molecule has 2 N–H and O–H groups in total. The minimum atomic E-state index is -0.143. The quantitative estimate of drug-likeness (QED) is 0.803. The Balaban J connectivity index is 1.75. The topological polar surface area (TPSA) is 66.9 Å². The number of carbonyl (C=O) groups is 1. The average molecular weight is 234 g/mol. The number of rotatable bonds is 4. The zero-order valence-corrected chi connectivity index (χ0v) is 10.1. The van der Waals surface area contributed by atoms with Gasteiger partial charge in [0.05, 0.1) is 11.9 Å². The second-order valence-corrected chi connectivity index (χ2v) is 4.38. The normalized spacial score (nSPS) is 19.2. The van der Waals surface area contributed by atoms with Crippen LogP contribution in [0.2, 0.25) is 0 Å². The van der Waals surface area contributed by atoms with Crippen LogP contribution in [0.25, 0.3) is 0 Å². The maximum Gasteiger partial charge on any atom is 0.271 e. The number of aryl methyl sites for hydroxylation is 1. The second kappa shape index (κ2) is 5.72. The van der Waals surface area contributed by atoms with Crippen LogP contribution in [0.4, 0.5) is 0 Å². The lowest BCUT2D eigenvalue weighted by molar-refractivity contribution is 0.0947. The Morgan fingerprint density at radius 3 is 3.06 bits per heavy atom.